The van der Waals surface area contributed by atoms with Crippen molar-refractivity contribution in [3.05, 3.63) is 89.0 Å². The highest BCUT2D eigenvalue weighted by Gasteiger charge is 2.37. The van der Waals surface area contributed by atoms with E-state index in [1.165, 1.54) is 37.4 Å². The van der Waals surface area contributed by atoms with Gasteiger partial charge >= 0.3 is 0 Å². The van der Waals surface area contributed by atoms with Crippen LogP contribution in [0.15, 0.2) is 66.7 Å². The van der Waals surface area contributed by atoms with Crippen LogP contribution in [0.2, 0.25) is 0 Å². The van der Waals surface area contributed by atoms with E-state index in [2.05, 4.69) is 5.32 Å². The van der Waals surface area contributed by atoms with Crippen LogP contribution >= 0.6 is 0 Å². The molecule has 31 heavy (non-hydrogen) atoms. The zero-order chi connectivity index (χ0) is 22.1. The molecule has 0 spiro atoms. The molecule has 0 aliphatic carbocycles. The molecule has 3 aromatic carbocycles. The lowest BCUT2D eigenvalue weighted by Gasteiger charge is -2.17. The van der Waals surface area contributed by atoms with Crippen molar-refractivity contribution in [2.75, 3.05) is 17.3 Å². The molecule has 1 aliphatic heterocycles. The lowest BCUT2D eigenvalue weighted by molar-refractivity contribution is -0.255. The topological polar surface area (TPSA) is 116 Å². The Morgan fingerprint density at radius 1 is 0.871 bits per heavy atom. The second kappa shape index (κ2) is 7.75. The summed E-state index contributed by atoms with van der Waals surface area (Å²) in [6.07, 6.45) is 0. The monoisotopic (exact) mass is 415 g/mol. The third-order valence-corrected chi connectivity index (χ3v) is 4.85. The first-order valence-corrected chi connectivity index (χ1v) is 9.19. The van der Waals surface area contributed by atoms with Crippen molar-refractivity contribution in [2.45, 2.75) is 0 Å². The maximum atomic E-state index is 12.9. The minimum Gasteiger partial charge on any atom is -0.545 e. The number of imide groups is 1. The summed E-state index contributed by atoms with van der Waals surface area (Å²) in [5, 5.41) is 13.8. The molecule has 0 saturated carbocycles. The summed E-state index contributed by atoms with van der Waals surface area (Å²) in [5.74, 6) is -2.78. The molecule has 8 heteroatoms. The van der Waals surface area contributed by atoms with Gasteiger partial charge in [0.25, 0.3) is 17.7 Å². The summed E-state index contributed by atoms with van der Waals surface area (Å²) in [4.78, 5) is 50.3. The van der Waals surface area contributed by atoms with Crippen molar-refractivity contribution in [3.8, 4) is 5.75 Å². The number of fused-ring (bicyclic) bond motifs is 1. The van der Waals surface area contributed by atoms with Gasteiger partial charge in [0.2, 0.25) is 0 Å². The minimum atomic E-state index is -1.45. The van der Waals surface area contributed by atoms with Gasteiger partial charge in [-0.15, -0.1) is 0 Å². The highest BCUT2D eigenvalue weighted by atomic mass is 16.5. The maximum absolute atomic E-state index is 12.9. The number of benzene rings is 3. The Morgan fingerprint density at radius 3 is 2.26 bits per heavy atom. The number of methoxy groups -OCH3 is 1. The van der Waals surface area contributed by atoms with Gasteiger partial charge in [-0.25, -0.2) is 4.90 Å². The third kappa shape index (κ3) is 3.51. The van der Waals surface area contributed by atoms with Crippen LogP contribution in [0.5, 0.6) is 5.75 Å². The molecule has 8 nitrogen and oxygen atoms in total. The van der Waals surface area contributed by atoms with Crippen LogP contribution in [-0.4, -0.2) is 30.8 Å². The molecule has 0 unspecified atom stereocenters. The molecule has 154 valence electrons. The molecule has 0 saturated heterocycles. The average molecular weight is 415 g/mol. The quantitative estimate of drug-likeness (QED) is 0.638. The first kappa shape index (κ1) is 19.8. The fraction of sp³-hybridized carbons (Fsp3) is 0.0435. The number of aromatic carboxylic acids is 1. The lowest BCUT2D eigenvalue weighted by Crippen LogP contribution is -2.29. The van der Waals surface area contributed by atoms with Gasteiger partial charge in [-0.2, -0.15) is 0 Å². The van der Waals surface area contributed by atoms with E-state index >= 15 is 0 Å². The van der Waals surface area contributed by atoms with Crippen LogP contribution < -0.4 is 20.1 Å². The summed E-state index contributed by atoms with van der Waals surface area (Å²) in [6.45, 7) is 0. The normalized spacial score (nSPS) is 12.5. The second-order valence-electron chi connectivity index (χ2n) is 6.70. The number of hydrogen-bond acceptors (Lipinski definition) is 6. The molecule has 3 aromatic rings. The third-order valence-electron chi connectivity index (χ3n) is 4.85. The highest BCUT2D eigenvalue weighted by molar-refractivity contribution is 6.34. The van der Waals surface area contributed by atoms with E-state index in [-0.39, 0.29) is 28.1 Å². The largest absolute Gasteiger partial charge is 0.545 e. The van der Waals surface area contributed by atoms with Gasteiger partial charge in [0.15, 0.2) is 0 Å². The van der Waals surface area contributed by atoms with Crippen molar-refractivity contribution in [1.82, 2.24) is 0 Å². The summed E-state index contributed by atoms with van der Waals surface area (Å²) >= 11 is 0. The van der Waals surface area contributed by atoms with Gasteiger partial charge in [0, 0.05) is 5.56 Å². The predicted molar refractivity (Wildman–Crippen MR) is 109 cm³/mol. The predicted octanol–water partition coefficient (Wildman–Crippen LogP) is 2.11. The van der Waals surface area contributed by atoms with Gasteiger partial charge in [0.05, 0.1) is 35.6 Å². The number of rotatable bonds is 5. The van der Waals surface area contributed by atoms with E-state index in [9.17, 15) is 24.3 Å². The number of nitrogens with zero attached hydrogens (tertiary/aromatic N) is 1. The molecule has 0 atom stereocenters. The number of ether oxygens (including phenoxy) is 1. The molecule has 0 aromatic heterocycles. The van der Waals surface area contributed by atoms with E-state index in [4.69, 9.17) is 4.74 Å². The Labute approximate surface area is 176 Å². The molecular weight excluding hydrogens is 400 g/mol. The van der Waals surface area contributed by atoms with Gasteiger partial charge in [-0.05, 0) is 48.0 Å². The van der Waals surface area contributed by atoms with Gasteiger partial charge in [-0.3, -0.25) is 14.4 Å². The van der Waals surface area contributed by atoms with E-state index < -0.39 is 23.7 Å². The number of carbonyl (C=O) groups excluding carboxylic acids is 4. The number of anilines is 2. The smallest absolute Gasteiger partial charge is 0.266 e. The number of amides is 3. The number of carbonyl (C=O) groups is 4. The summed E-state index contributed by atoms with van der Waals surface area (Å²) < 4.78 is 5.28. The Bertz CT molecular complexity index is 1240. The summed E-state index contributed by atoms with van der Waals surface area (Å²) in [6, 6.07) is 16.6. The molecule has 0 fully saturated rings. The van der Waals surface area contributed by atoms with Crippen molar-refractivity contribution >= 4 is 35.1 Å². The highest BCUT2D eigenvalue weighted by Crippen LogP contribution is 2.34. The van der Waals surface area contributed by atoms with Crippen LogP contribution in [0, 0.1) is 0 Å². The van der Waals surface area contributed by atoms with Crippen molar-refractivity contribution < 1.29 is 29.0 Å². The molecule has 1 aliphatic rings. The van der Waals surface area contributed by atoms with E-state index in [0.717, 1.165) is 11.0 Å². The Hall–Kier alpha value is -4.46. The fourth-order valence-corrected chi connectivity index (χ4v) is 3.32. The SMILES string of the molecule is COc1ccc(N2C(=O)c3ccc(C(=O)[O-])cc3C2=O)cc1NC(=O)c1ccccc1. The number of nitrogens with one attached hydrogen (secondary N) is 1. The average Bonchev–Trinajstić information content (AvgIpc) is 3.03. The second-order valence-corrected chi connectivity index (χ2v) is 6.70. The Morgan fingerprint density at radius 2 is 1.58 bits per heavy atom. The Kier molecular flexibility index (Phi) is 4.96. The fourth-order valence-electron chi connectivity index (χ4n) is 3.32. The van der Waals surface area contributed by atoms with Crippen molar-refractivity contribution in [3.63, 3.8) is 0 Å². The number of hydrogen-bond donors (Lipinski definition) is 1. The molecule has 4 rings (SSSR count). The zero-order valence-corrected chi connectivity index (χ0v) is 16.2. The Balaban J connectivity index is 1.69. The molecular formula is C23H15N2O6-. The van der Waals surface area contributed by atoms with Gasteiger partial charge in [0.1, 0.15) is 5.75 Å². The van der Waals surface area contributed by atoms with Crippen LogP contribution in [0.1, 0.15) is 41.4 Å². The molecule has 0 bridgehead atoms. The molecule has 3 amide bonds. The summed E-state index contributed by atoms with van der Waals surface area (Å²) in [5.41, 5.74) is 0.738. The molecule has 1 N–H and O–H groups in total. The van der Waals surface area contributed by atoms with Crippen LogP contribution in [0.25, 0.3) is 0 Å². The zero-order valence-electron chi connectivity index (χ0n) is 16.2. The molecule has 0 radical (unpaired) electrons. The number of carboxylic acid groups (broad SMARTS) is 1. The molecule has 1 heterocycles. The maximum Gasteiger partial charge on any atom is 0.266 e. The van der Waals surface area contributed by atoms with Gasteiger partial charge in [-0.1, -0.05) is 24.3 Å². The summed E-state index contributed by atoms with van der Waals surface area (Å²) in [7, 11) is 1.43. The standard InChI is InChI=1S/C23H16N2O6/c1-31-19-10-8-15(12-18(19)24-20(26)13-5-3-2-4-6-13)25-21(27)16-9-7-14(23(29)30)11-17(16)22(25)28/h2-12H,1H3,(H,24,26)(H,29,30)/p-1. The van der Waals surface area contributed by atoms with Crippen LogP contribution in [0.4, 0.5) is 11.4 Å². The first-order valence-electron chi connectivity index (χ1n) is 9.19. The van der Waals surface area contributed by atoms with Crippen LogP contribution in [0.3, 0.4) is 0 Å². The lowest BCUT2D eigenvalue weighted by atomic mass is 10.1. The van der Waals surface area contributed by atoms with Crippen LogP contribution in [-0.2, 0) is 0 Å². The minimum absolute atomic E-state index is 0.0302. The number of carboxylic acids is 1. The van der Waals surface area contributed by atoms with E-state index in [1.54, 1.807) is 30.3 Å². The van der Waals surface area contributed by atoms with E-state index in [0.29, 0.717) is 11.3 Å². The van der Waals surface area contributed by atoms with E-state index in [1.807, 2.05) is 0 Å². The first-order chi connectivity index (χ1) is 14.9. The van der Waals surface area contributed by atoms with Crippen molar-refractivity contribution in [2.24, 2.45) is 0 Å². The van der Waals surface area contributed by atoms with Gasteiger partial charge < -0.3 is 20.0 Å². The van der Waals surface area contributed by atoms with Crippen molar-refractivity contribution in [1.29, 1.82) is 0 Å².